The molecule has 1 aromatic carbocycles. The maximum atomic E-state index is 11.6. The normalized spacial score (nSPS) is 27.2. The molecule has 1 saturated carbocycles. The van der Waals surface area contributed by atoms with Gasteiger partial charge in [-0.25, -0.2) is 13.6 Å². The summed E-state index contributed by atoms with van der Waals surface area (Å²) in [5, 5.41) is 8.63. The van der Waals surface area contributed by atoms with Crippen molar-refractivity contribution in [1.82, 2.24) is 0 Å². The van der Waals surface area contributed by atoms with Crippen LogP contribution in [0.5, 0.6) is 0 Å². The van der Waals surface area contributed by atoms with E-state index in [1.165, 1.54) is 6.07 Å². The van der Waals surface area contributed by atoms with E-state index >= 15 is 0 Å². The Kier molecular flexibility index (Phi) is 4.36. The molecule has 0 atom stereocenters. The molecule has 0 bridgehead atoms. The third-order valence-corrected chi connectivity index (χ3v) is 5.18. The fourth-order valence-electron chi connectivity index (χ4n) is 2.80. The summed E-state index contributed by atoms with van der Waals surface area (Å²) in [5.41, 5.74) is 6.27. The predicted octanol–water partition coefficient (Wildman–Crippen LogP) is 1.65. The van der Waals surface area contributed by atoms with Gasteiger partial charge in [0, 0.05) is 12.1 Å². The monoisotopic (exact) mass is 297 g/mol. The Bertz CT molecular complexity index is 564. The van der Waals surface area contributed by atoms with Crippen molar-refractivity contribution in [3.63, 3.8) is 0 Å². The first-order valence-corrected chi connectivity index (χ1v) is 8.51. The second-order valence-corrected chi connectivity index (χ2v) is 7.36. The van der Waals surface area contributed by atoms with E-state index in [0.717, 1.165) is 25.7 Å². The second kappa shape index (κ2) is 5.71. The lowest BCUT2D eigenvalue weighted by molar-refractivity contribution is 0.271. The van der Waals surface area contributed by atoms with Crippen molar-refractivity contribution in [1.29, 1.82) is 0 Å². The fourth-order valence-corrected chi connectivity index (χ4v) is 3.49. The molecule has 0 radical (unpaired) electrons. The standard InChI is InChI=1S/C14H23N3O2S/c1-11-6-8-14(10-15,9-7-11)17-12-4-2-3-5-13(12)20(16,18)19/h2-5,11,17H,6-10,15H2,1H3,(H2,16,18,19). The van der Waals surface area contributed by atoms with Crippen LogP contribution in [0.2, 0.25) is 0 Å². The highest BCUT2D eigenvalue weighted by Crippen LogP contribution is 2.35. The first-order valence-electron chi connectivity index (χ1n) is 6.96. The van der Waals surface area contributed by atoms with Gasteiger partial charge in [-0.15, -0.1) is 0 Å². The third-order valence-electron chi connectivity index (χ3n) is 4.22. The quantitative estimate of drug-likeness (QED) is 0.787. The average molecular weight is 297 g/mol. The van der Waals surface area contributed by atoms with E-state index in [-0.39, 0.29) is 10.4 Å². The highest BCUT2D eigenvalue weighted by Gasteiger charge is 2.33. The Morgan fingerprint density at radius 3 is 2.45 bits per heavy atom. The van der Waals surface area contributed by atoms with Crippen LogP contribution in [0.4, 0.5) is 5.69 Å². The molecule has 112 valence electrons. The zero-order valence-electron chi connectivity index (χ0n) is 11.8. The van der Waals surface area contributed by atoms with E-state index in [1.54, 1.807) is 18.2 Å². The van der Waals surface area contributed by atoms with Crippen molar-refractivity contribution < 1.29 is 8.42 Å². The number of sulfonamides is 1. The lowest BCUT2D eigenvalue weighted by atomic mass is 9.77. The summed E-state index contributed by atoms with van der Waals surface area (Å²) in [6.45, 7) is 2.72. The maximum Gasteiger partial charge on any atom is 0.240 e. The molecule has 1 aliphatic carbocycles. The number of benzene rings is 1. The average Bonchev–Trinajstić information content (AvgIpc) is 2.41. The van der Waals surface area contributed by atoms with Gasteiger partial charge in [0.15, 0.2) is 0 Å². The zero-order valence-corrected chi connectivity index (χ0v) is 12.6. The number of nitrogens with two attached hydrogens (primary N) is 2. The third kappa shape index (κ3) is 3.31. The molecule has 1 aromatic rings. The summed E-state index contributed by atoms with van der Waals surface area (Å²) in [6, 6.07) is 6.73. The highest BCUT2D eigenvalue weighted by atomic mass is 32.2. The lowest BCUT2D eigenvalue weighted by Gasteiger charge is -2.40. The van der Waals surface area contributed by atoms with Crippen LogP contribution in [0.15, 0.2) is 29.2 Å². The van der Waals surface area contributed by atoms with E-state index in [4.69, 9.17) is 10.9 Å². The van der Waals surface area contributed by atoms with Gasteiger partial charge >= 0.3 is 0 Å². The van der Waals surface area contributed by atoms with Gasteiger partial charge in [-0.1, -0.05) is 19.1 Å². The van der Waals surface area contributed by atoms with Crippen molar-refractivity contribution in [3.8, 4) is 0 Å². The van der Waals surface area contributed by atoms with Gasteiger partial charge < -0.3 is 11.1 Å². The van der Waals surface area contributed by atoms with Gasteiger partial charge in [-0.3, -0.25) is 0 Å². The minimum atomic E-state index is -3.73. The van der Waals surface area contributed by atoms with E-state index in [9.17, 15) is 8.42 Å². The van der Waals surface area contributed by atoms with E-state index in [0.29, 0.717) is 18.2 Å². The fraction of sp³-hybridized carbons (Fsp3) is 0.571. The summed E-state index contributed by atoms with van der Waals surface area (Å²) < 4.78 is 23.3. The number of anilines is 1. The summed E-state index contributed by atoms with van der Waals surface area (Å²) in [4.78, 5) is 0.131. The number of primary sulfonamides is 1. The van der Waals surface area contributed by atoms with Crippen molar-refractivity contribution in [2.75, 3.05) is 11.9 Å². The van der Waals surface area contributed by atoms with Gasteiger partial charge in [0.2, 0.25) is 10.0 Å². The Morgan fingerprint density at radius 1 is 1.30 bits per heavy atom. The molecule has 0 heterocycles. The Hall–Kier alpha value is -1.11. The lowest BCUT2D eigenvalue weighted by Crippen LogP contribution is -2.48. The molecule has 1 fully saturated rings. The predicted molar refractivity (Wildman–Crippen MR) is 80.9 cm³/mol. The van der Waals surface area contributed by atoms with E-state index in [1.807, 2.05) is 0 Å². The first-order chi connectivity index (χ1) is 9.36. The summed E-state index contributed by atoms with van der Waals surface area (Å²) >= 11 is 0. The number of hydrogen-bond acceptors (Lipinski definition) is 4. The molecule has 0 aromatic heterocycles. The number of hydrogen-bond donors (Lipinski definition) is 3. The summed E-state index contributed by atoms with van der Waals surface area (Å²) in [7, 11) is -3.73. The van der Waals surface area contributed by atoms with Gasteiger partial charge in [0.1, 0.15) is 4.90 Å². The number of nitrogens with one attached hydrogen (secondary N) is 1. The largest absolute Gasteiger partial charge is 0.377 e. The van der Waals surface area contributed by atoms with Crippen LogP contribution < -0.4 is 16.2 Å². The van der Waals surface area contributed by atoms with Gasteiger partial charge in [-0.05, 0) is 43.7 Å². The first kappa shape index (κ1) is 15.3. The molecule has 0 aliphatic heterocycles. The van der Waals surface area contributed by atoms with Crippen LogP contribution in [0, 0.1) is 5.92 Å². The Balaban J connectivity index is 2.29. The molecule has 0 saturated heterocycles. The molecule has 1 aliphatic rings. The minimum absolute atomic E-state index is 0.131. The summed E-state index contributed by atoms with van der Waals surface area (Å²) in [5.74, 6) is 0.699. The smallest absolute Gasteiger partial charge is 0.240 e. The topological polar surface area (TPSA) is 98.2 Å². The van der Waals surface area contributed by atoms with Crippen molar-refractivity contribution in [2.24, 2.45) is 16.8 Å². The van der Waals surface area contributed by atoms with E-state index < -0.39 is 10.0 Å². The molecule has 5 N–H and O–H groups in total. The van der Waals surface area contributed by atoms with Gasteiger partial charge in [0.05, 0.1) is 5.69 Å². The number of para-hydroxylation sites is 1. The molecule has 2 rings (SSSR count). The zero-order chi connectivity index (χ0) is 14.8. The molecule has 20 heavy (non-hydrogen) atoms. The van der Waals surface area contributed by atoms with Crippen LogP contribution in [0.25, 0.3) is 0 Å². The maximum absolute atomic E-state index is 11.6. The SMILES string of the molecule is CC1CCC(CN)(Nc2ccccc2S(N)(=O)=O)CC1. The molecule has 5 nitrogen and oxygen atoms in total. The summed E-state index contributed by atoms with van der Waals surface area (Å²) in [6.07, 6.45) is 4.09. The van der Waals surface area contributed by atoms with Crippen LogP contribution in [-0.4, -0.2) is 20.5 Å². The minimum Gasteiger partial charge on any atom is -0.377 e. The molecule has 6 heteroatoms. The van der Waals surface area contributed by atoms with Crippen LogP contribution >= 0.6 is 0 Å². The molecule has 0 spiro atoms. The van der Waals surface area contributed by atoms with Crippen molar-refractivity contribution in [3.05, 3.63) is 24.3 Å². The van der Waals surface area contributed by atoms with Crippen LogP contribution in [0.1, 0.15) is 32.6 Å². The van der Waals surface area contributed by atoms with Crippen molar-refractivity contribution >= 4 is 15.7 Å². The molecule has 0 amide bonds. The van der Waals surface area contributed by atoms with Gasteiger partial charge in [-0.2, -0.15) is 0 Å². The Morgan fingerprint density at radius 2 is 1.90 bits per heavy atom. The second-order valence-electron chi connectivity index (χ2n) is 5.83. The van der Waals surface area contributed by atoms with Crippen LogP contribution in [0.3, 0.4) is 0 Å². The Labute approximate surface area is 120 Å². The highest BCUT2D eigenvalue weighted by molar-refractivity contribution is 7.89. The molecule has 0 unspecified atom stereocenters. The van der Waals surface area contributed by atoms with Crippen LogP contribution in [-0.2, 0) is 10.0 Å². The van der Waals surface area contributed by atoms with E-state index in [2.05, 4.69) is 12.2 Å². The molecular formula is C14H23N3O2S. The molecular weight excluding hydrogens is 274 g/mol. The number of rotatable bonds is 4. The van der Waals surface area contributed by atoms with Crippen molar-refractivity contribution in [2.45, 2.75) is 43.0 Å². The van der Waals surface area contributed by atoms with Gasteiger partial charge in [0.25, 0.3) is 0 Å².